The van der Waals surface area contributed by atoms with Gasteiger partial charge in [-0.15, -0.1) is 0 Å². The summed E-state index contributed by atoms with van der Waals surface area (Å²) in [6, 6.07) is 10.8. The molecule has 0 saturated heterocycles. The minimum absolute atomic E-state index is 1.00. The normalized spacial score (nSPS) is 10.4. The smallest absolute Gasteiger partial charge is 0.0548 e. The summed E-state index contributed by atoms with van der Waals surface area (Å²) in [6.07, 6.45) is 1.78. The van der Waals surface area contributed by atoms with E-state index < -0.39 is 0 Å². The number of rotatable bonds is 2. The van der Waals surface area contributed by atoms with Gasteiger partial charge in [0.1, 0.15) is 0 Å². The fourth-order valence-electron chi connectivity index (χ4n) is 0.665. The summed E-state index contributed by atoms with van der Waals surface area (Å²) in [5.74, 6) is 0. The molecule has 2 heteroatoms. The van der Waals surface area contributed by atoms with Gasteiger partial charge in [-0.1, -0.05) is 24.3 Å². The van der Waals surface area contributed by atoms with Crippen molar-refractivity contribution in [3.8, 4) is 0 Å². The zero-order valence-corrected chi connectivity index (χ0v) is 6.78. The van der Waals surface area contributed by atoms with Gasteiger partial charge in [0.25, 0.3) is 0 Å². The molecule has 0 saturated carbocycles. The van der Waals surface area contributed by atoms with Gasteiger partial charge in [-0.25, -0.2) is 0 Å². The molecule has 0 bridgehead atoms. The average Bonchev–Trinajstić information content (AvgIpc) is 2.03. The Hall–Kier alpha value is -1.31. The Balaban J connectivity index is 2.65. The van der Waals surface area contributed by atoms with Crippen LogP contribution in [0.25, 0.3) is 0 Å². The van der Waals surface area contributed by atoms with Crippen LogP contribution in [0, 0.1) is 6.07 Å². The quantitative estimate of drug-likeness (QED) is 0.456. The third-order valence-electron chi connectivity index (χ3n) is 1.16. The lowest BCUT2D eigenvalue weighted by molar-refractivity contribution is 0.440. The molecule has 0 fully saturated rings. The molecule has 1 rings (SSSR count). The molecule has 0 amide bonds. The fourth-order valence-corrected chi connectivity index (χ4v) is 0.665. The second-order valence-corrected chi connectivity index (χ2v) is 2.41. The average molecular weight is 147 g/mol. The number of benzene rings is 1. The zero-order valence-electron chi connectivity index (χ0n) is 6.78. The van der Waals surface area contributed by atoms with E-state index in [-0.39, 0.29) is 0 Å². The maximum atomic E-state index is 4.07. The first-order chi connectivity index (χ1) is 5.29. The van der Waals surface area contributed by atoms with Gasteiger partial charge in [0, 0.05) is 19.7 Å². The van der Waals surface area contributed by atoms with Crippen molar-refractivity contribution >= 4 is 6.21 Å². The van der Waals surface area contributed by atoms with Crippen molar-refractivity contribution in [3.63, 3.8) is 0 Å². The maximum Gasteiger partial charge on any atom is 0.0548 e. The first-order valence-electron chi connectivity index (χ1n) is 3.47. The third-order valence-corrected chi connectivity index (χ3v) is 1.16. The summed E-state index contributed by atoms with van der Waals surface area (Å²) in [6.45, 7) is 0. The summed E-state index contributed by atoms with van der Waals surface area (Å²) in [7, 11) is 3.78. The highest BCUT2D eigenvalue weighted by atomic mass is 15.4. The van der Waals surface area contributed by atoms with Crippen LogP contribution in [0.4, 0.5) is 0 Å². The van der Waals surface area contributed by atoms with Gasteiger partial charge >= 0.3 is 0 Å². The van der Waals surface area contributed by atoms with Crippen LogP contribution in [0.2, 0.25) is 0 Å². The SMILES string of the molecule is CN(C)/N=C/c1[c]cccc1. The molecule has 0 heterocycles. The monoisotopic (exact) mass is 147 g/mol. The van der Waals surface area contributed by atoms with Crippen molar-refractivity contribution in [3.05, 3.63) is 35.9 Å². The summed E-state index contributed by atoms with van der Waals surface area (Å²) in [4.78, 5) is 0. The second kappa shape index (κ2) is 3.76. The van der Waals surface area contributed by atoms with E-state index in [4.69, 9.17) is 0 Å². The summed E-state index contributed by atoms with van der Waals surface area (Å²) in [5.41, 5.74) is 1.00. The molecular formula is C9H11N2. The van der Waals surface area contributed by atoms with Crippen molar-refractivity contribution in [2.24, 2.45) is 5.10 Å². The van der Waals surface area contributed by atoms with E-state index in [9.17, 15) is 0 Å². The van der Waals surface area contributed by atoms with E-state index in [1.54, 1.807) is 11.2 Å². The Labute approximate surface area is 67.2 Å². The molecule has 1 aromatic rings. The molecule has 0 unspecified atom stereocenters. The molecule has 11 heavy (non-hydrogen) atoms. The topological polar surface area (TPSA) is 15.6 Å². The van der Waals surface area contributed by atoms with Gasteiger partial charge in [0.05, 0.1) is 6.21 Å². The van der Waals surface area contributed by atoms with Crippen LogP contribution in [0.15, 0.2) is 29.4 Å². The number of hydrogen-bond acceptors (Lipinski definition) is 2. The van der Waals surface area contributed by atoms with Crippen LogP contribution in [-0.4, -0.2) is 25.3 Å². The van der Waals surface area contributed by atoms with E-state index in [0.29, 0.717) is 0 Å². The molecular weight excluding hydrogens is 136 g/mol. The Morgan fingerprint density at radius 3 is 2.82 bits per heavy atom. The van der Waals surface area contributed by atoms with Crippen LogP contribution in [0.1, 0.15) is 5.56 Å². The largest absolute Gasteiger partial charge is 0.303 e. The van der Waals surface area contributed by atoms with Crippen molar-refractivity contribution in [1.29, 1.82) is 0 Å². The van der Waals surface area contributed by atoms with Crippen molar-refractivity contribution < 1.29 is 0 Å². The highest BCUT2D eigenvalue weighted by Gasteiger charge is 1.83. The van der Waals surface area contributed by atoms with E-state index in [1.165, 1.54) is 0 Å². The van der Waals surface area contributed by atoms with Crippen molar-refractivity contribution in [1.82, 2.24) is 5.01 Å². The van der Waals surface area contributed by atoms with Crippen molar-refractivity contribution in [2.75, 3.05) is 14.1 Å². The van der Waals surface area contributed by atoms with Gasteiger partial charge < -0.3 is 5.01 Å². The number of hydrazone groups is 1. The lowest BCUT2D eigenvalue weighted by atomic mass is 10.2. The van der Waals surface area contributed by atoms with E-state index in [1.807, 2.05) is 38.4 Å². The molecule has 0 aliphatic carbocycles. The maximum absolute atomic E-state index is 4.07. The lowest BCUT2D eigenvalue weighted by Gasteiger charge is -2.01. The number of hydrogen-bond donors (Lipinski definition) is 0. The van der Waals surface area contributed by atoms with Crippen LogP contribution >= 0.6 is 0 Å². The highest BCUT2D eigenvalue weighted by Crippen LogP contribution is 1.92. The Morgan fingerprint density at radius 2 is 2.27 bits per heavy atom. The molecule has 0 aliphatic rings. The summed E-state index contributed by atoms with van der Waals surface area (Å²) < 4.78 is 0. The van der Waals surface area contributed by atoms with E-state index in [0.717, 1.165) is 5.56 Å². The summed E-state index contributed by atoms with van der Waals surface area (Å²) >= 11 is 0. The minimum Gasteiger partial charge on any atom is -0.303 e. The summed E-state index contributed by atoms with van der Waals surface area (Å²) in [5, 5.41) is 5.82. The predicted molar refractivity (Wildman–Crippen MR) is 46.6 cm³/mol. The lowest BCUT2D eigenvalue weighted by Crippen LogP contribution is -2.01. The minimum atomic E-state index is 1.00. The molecule has 0 N–H and O–H groups in total. The Bertz CT molecular complexity index is 227. The molecule has 2 nitrogen and oxygen atoms in total. The van der Waals surface area contributed by atoms with Crippen molar-refractivity contribution in [2.45, 2.75) is 0 Å². The molecule has 57 valence electrons. The van der Waals surface area contributed by atoms with Gasteiger partial charge in [-0.2, -0.15) is 5.10 Å². The Kier molecular flexibility index (Phi) is 2.66. The standard InChI is InChI=1S/C9H11N2/c1-11(2)10-8-9-6-4-3-5-7-9/h3-6,8H,1-2H3/b10-8+. The molecule has 0 aromatic heterocycles. The fraction of sp³-hybridized carbons (Fsp3) is 0.222. The molecule has 1 aromatic carbocycles. The molecule has 0 atom stereocenters. The van der Waals surface area contributed by atoms with Crippen LogP contribution < -0.4 is 0 Å². The van der Waals surface area contributed by atoms with Crippen LogP contribution in [-0.2, 0) is 0 Å². The van der Waals surface area contributed by atoms with Gasteiger partial charge in [-0.3, -0.25) is 0 Å². The first-order valence-corrected chi connectivity index (χ1v) is 3.47. The van der Waals surface area contributed by atoms with Gasteiger partial charge in [0.15, 0.2) is 0 Å². The van der Waals surface area contributed by atoms with Crippen LogP contribution in [0.5, 0.6) is 0 Å². The molecule has 0 aliphatic heterocycles. The molecule has 1 radical (unpaired) electrons. The predicted octanol–water partition coefficient (Wildman–Crippen LogP) is 1.38. The first kappa shape index (κ1) is 7.79. The molecule has 0 spiro atoms. The number of nitrogens with zero attached hydrogens (tertiary/aromatic N) is 2. The zero-order chi connectivity index (χ0) is 8.10. The van der Waals surface area contributed by atoms with E-state index in [2.05, 4.69) is 11.2 Å². The van der Waals surface area contributed by atoms with Crippen LogP contribution in [0.3, 0.4) is 0 Å². The van der Waals surface area contributed by atoms with Gasteiger partial charge in [-0.05, 0) is 6.07 Å². The second-order valence-electron chi connectivity index (χ2n) is 2.41. The Morgan fingerprint density at radius 1 is 1.45 bits per heavy atom. The van der Waals surface area contributed by atoms with E-state index >= 15 is 0 Å². The third kappa shape index (κ3) is 2.85. The highest BCUT2D eigenvalue weighted by molar-refractivity contribution is 5.78. The van der Waals surface area contributed by atoms with Gasteiger partial charge in [0.2, 0.25) is 0 Å².